The fourth-order valence-electron chi connectivity index (χ4n) is 1.28. The van der Waals surface area contributed by atoms with E-state index < -0.39 is 0 Å². The van der Waals surface area contributed by atoms with Crippen molar-refractivity contribution in [3.63, 3.8) is 0 Å². The molecule has 0 unspecified atom stereocenters. The van der Waals surface area contributed by atoms with Crippen molar-refractivity contribution in [3.05, 3.63) is 35.4 Å². The maximum Gasteiger partial charge on any atom is 0.251 e. The molecule has 0 saturated heterocycles. The van der Waals surface area contributed by atoms with Gasteiger partial charge in [0.15, 0.2) is 0 Å². The van der Waals surface area contributed by atoms with Gasteiger partial charge in [-0.25, -0.2) is 0 Å². The van der Waals surface area contributed by atoms with Crippen LogP contribution in [0.25, 0.3) is 0 Å². The number of hydrogen-bond acceptors (Lipinski definition) is 1. The van der Waals surface area contributed by atoms with Gasteiger partial charge in [-0.05, 0) is 31.4 Å². The molecule has 1 amide bonds. The summed E-state index contributed by atoms with van der Waals surface area (Å²) in [6, 6.07) is 7.85. The van der Waals surface area contributed by atoms with Crippen LogP contribution in [0.4, 0.5) is 0 Å². The number of rotatable bonds is 3. The zero-order chi connectivity index (χ0) is 11.4. The van der Waals surface area contributed by atoms with Crippen molar-refractivity contribution in [2.24, 2.45) is 5.92 Å². The van der Waals surface area contributed by atoms with Crippen LogP contribution in [0.15, 0.2) is 24.3 Å². The Bertz CT molecular complexity index is 344. The first kappa shape index (κ1) is 11.8. The van der Waals surface area contributed by atoms with Crippen LogP contribution in [0.1, 0.15) is 36.7 Å². The SMILES string of the molecule is Cc1ccccc1C(=O)N[C@@H](C)C(C)C. The number of amides is 1. The van der Waals surface area contributed by atoms with Crippen LogP contribution in [0.3, 0.4) is 0 Å². The minimum absolute atomic E-state index is 0.0225. The minimum atomic E-state index is 0.0225. The number of carbonyl (C=O) groups is 1. The summed E-state index contributed by atoms with van der Waals surface area (Å²) in [6.45, 7) is 8.18. The standard InChI is InChI=1S/C13H19NO/c1-9(2)11(4)14-13(15)12-8-6-5-7-10(12)3/h5-9,11H,1-4H3,(H,14,15)/t11-/m0/s1. The summed E-state index contributed by atoms with van der Waals surface area (Å²) in [4.78, 5) is 11.9. The topological polar surface area (TPSA) is 29.1 Å². The van der Waals surface area contributed by atoms with E-state index in [-0.39, 0.29) is 11.9 Å². The largest absolute Gasteiger partial charge is 0.349 e. The Hall–Kier alpha value is -1.31. The number of benzene rings is 1. The number of nitrogens with one attached hydrogen (secondary N) is 1. The first-order valence-electron chi connectivity index (χ1n) is 5.39. The van der Waals surface area contributed by atoms with Gasteiger partial charge in [-0.2, -0.15) is 0 Å². The van der Waals surface area contributed by atoms with Gasteiger partial charge in [0.1, 0.15) is 0 Å². The molecule has 0 fully saturated rings. The molecule has 1 aromatic carbocycles. The Morgan fingerprint density at radius 1 is 1.20 bits per heavy atom. The molecule has 2 heteroatoms. The van der Waals surface area contributed by atoms with Crippen molar-refractivity contribution in [3.8, 4) is 0 Å². The van der Waals surface area contributed by atoms with Crippen molar-refractivity contribution in [2.75, 3.05) is 0 Å². The van der Waals surface area contributed by atoms with Crippen LogP contribution < -0.4 is 5.32 Å². The van der Waals surface area contributed by atoms with Crippen LogP contribution in [-0.4, -0.2) is 11.9 Å². The first-order chi connectivity index (χ1) is 7.02. The second-order valence-corrected chi connectivity index (χ2v) is 4.32. The molecule has 0 aliphatic carbocycles. The molecule has 82 valence electrons. The van der Waals surface area contributed by atoms with Gasteiger partial charge < -0.3 is 5.32 Å². The second-order valence-electron chi connectivity index (χ2n) is 4.32. The fourth-order valence-corrected chi connectivity index (χ4v) is 1.28. The predicted octanol–water partition coefficient (Wildman–Crippen LogP) is 2.77. The van der Waals surface area contributed by atoms with E-state index in [1.165, 1.54) is 0 Å². The molecule has 0 aliphatic heterocycles. The highest BCUT2D eigenvalue weighted by Crippen LogP contribution is 2.08. The van der Waals surface area contributed by atoms with E-state index in [4.69, 9.17) is 0 Å². The fraction of sp³-hybridized carbons (Fsp3) is 0.462. The number of hydrogen-bond donors (Lipinski definition) is 1. The highest BCUT2D eigenvalue weighted by Gasteiger charge is 2.13. The molecule has 0 saturated carbocycles. The van der Waals surface area contributed by atoms with E-state index >= 15 is 0 Å². The normalized spacial score (nSPS) is 12.6. The van der Waals surface area contributed by atoms with Crippen molar-refractivity contribution in [2.45, 2.75) is 33.7 Å². The summed E-state index contributed by atoms with van der Waals surface area (Å²) in [5.41, 5.74) is 1.79. The molecule has 0 aliphatic rings. The molecule has 0 aromatic heterocycles. The quantitative estimate of drug-likeness (QED) is 0.807. The molecule has 1 rings (SSSR count). The van der Waals surface area contributed by atoms with E-state index in [0.717, 1.165) is 11.1 Å². The van der Waals surface area contributed by atoms with Gasteiger partial charge in [-0.3, -0.25) is 4.79 Å². The lowest BCUT2D eigenvalue weighted by Crippen LogP contribution is -2.36. The lowest BCUT2D eigenvalue weighted by atomic mass is 10.0. The van der Waals surface area contributed by atoms with Gasteiger partial charge in [-0.1, -0.05) is 32.0 Å². The summed E-state index contributed by atoms with van der Waals surface area (Å²) in [5, 5.41) is 3.00. The molecule has 1 aromatic rings. The molecule has 0 heterocycles. The maximum absolute atomic E-state index is 11.9. The lowest BCUT2D eigenvalue weighted by molar-refractivity contribution is 0.0930. The molecular weight excluding hydrogens is 186 g/mol. The maximum atomic E-state index is 11.9. The van der Waals surface area contributed by atoms with Gasteiger partial charge in [0.25, 0.3) is 5.91 Å². The van der Waals surface area contributed by atoms with Gasteiger partial charge in [0.05, 0.1) is 0 Å². The van der Waals surface area contributed by atoms with Crippen molar-refractivity contribution < 1.29 is 4.79 Å². The molecule has 2 nitrogen and oxygen atoms in total. The molecule has 1 atom stereocenters. The van der Waals surface area contributed by atoms with Gasteiger partial charge in [0, 0.05) is 11.6 Å². The third-order valence-corrected chi connectivity index (χ3v) is 2.75. The van der Waals surface area contributed by atoms with Gasteiger partial charge in [-0.15, -0.1) is 0 Å². The Morgan fingerprint density at radius 3 is 2.33 bits per heavy atom. The van der Waals surface area contributed by atoms with E-state index in [0.29, 0.717) is 5.92 Å². The average molecular weight is 205 g/mol. The molecule has 0 spiro atoms. The Labute approximate surface area is 91.7 Å². The smallest absolute Gasteiger partial charge is 0.251 e. The van der Waals surface area contributed by atoms with Gasteiger partial charge in [0.2, 0.25) is 0 Å². The molecule has 15 heavy (non-hydrogen) atoms. The lowest BCUT2D eigenvalue weighted by Gasteiger charge is -2.18. The zero-order valence-electron chi connectivity index (χ0n) is 9.87. The molecule has 0 radical (unpaired) electrons. The zero-order valence-corrected chi connectivity index (χ0v) is 9.87. The monoisotopic (exact) mass is 205 g/mol. The highest BCUT2D eigenvalue weighted by molar-refractivity contribution is 5.95. The summed E-state index contributed by atoms with van der Waals surface area (Å²) >= 11 is 0. The first-order valence-corrected chi connectivity index (χ1v) is 5.39. The number of aryl methyl sites for hydroxylation is 1. The highest BCUT2D eigenvalue weighted by atomic mass is 16.1. The Kier molecular flexibility index (Phi) is 3.89. The van der Waals surface area contributed by atoms with Crippen LogP contribution in [0.2, 0.25) is 0 Å². The Balaban J connectivity index is 2.74. The van der Waals surface area contributed by atoms with Crippen molar-refractivity contribution in [1.29, 1.82) is 0 Å². The van der Waals surface area contributed by atoms with Crippen LogP contribution in [0, 0.1) is 12.8 Å². The van der Waals surface area contributed by atoms with Crippen molar-refractivity contribution >= 4 is 5.91 Å². The average Bonchev–Trinajstić information content (AvgIpc) is 2.18. The van der Waals surface area contributed by atoms with Crippen LogP contribution >= 0.6 is 0 Å². The summed E-state index contributed by atoms with van der Waals surface area (Å²) in [5.74, 6) is 0.479. The third-order valence-electron chi connectivity index (χ3n) is 2.75. The Morgan fingerprint density at radius 2 is 1.80 bits per heavy atom. The summed E-state index contributed by atoms with van der Waals surface area (Å²) < 4.78 is 0. The van der Waals surface area contributed by atoms with Crippen LogP contribution in [0.5, 0.6) is 0 Å². The second kappa shape index (κ2) is 4.96. The predicted molar refractivity (Wildman–Crippen MR) is 62.9 cm³/mol. The molecule has 1 N–H and O–H groups in total. The summed E-state index contributed by atoms with van der Waals surface area (Å²) in [7, 11) is 0. The van der Waals surface area contributed by atoms with Crippen LogP contribution in [-0.2, 0) is 0 Å². The van der Waals surface area contributed by atoms with Crippen molar-refractivity contribution in [1.82, 2.24) is 5.32 Å². The van der Waals surface area contributed by atoms with E-state index in [1.54, 1.807) is 0 Å². The van der Waals surface area contributed by atoms with E-state index in [9.17, 15) is 4.79 Å². The third kappa shape index (κ3) is 3.08. The molecule has 0 bridgehead atoms. The minimum Gasteiger partial charge on any atom is -0.349 e. The van der Waals surface area contributed by atoms with Gasteiger partial charge >= 0.3 is 0 Å². The van der Waals surface area contributed by atoms with E-state index in [1.807, 2.05) is 38.1 Å². The molecular formula is C13H19NO. The van der Waals surface area contributed by atoms with E-state index in [2.05, 4.69) is 19.2 Å². The number of carbonyl (C=O) groups excluding carboxylic acids is 1. The summed E-state index contributed by atoms with van der Waals surface area (Å²) in [6.07, 6.45) is 0.